The summed E-state index contributed by atoms with van der Waals surface area (Å²) in [6.07, 6.45) is 3.08. The molecule has 0 amide bonds. The second-order valence-corrected chi connectivity index (χ2v) is 9.05. The Labute approximate surface area is 180 Å². The van der Waals surface area contributed by atoms with E-state index in [0.29, 0.717) is 16.4 Å². The minimum atomic E-state index is -3.40. The molecule has 0 aliphatic carbocycles. The van der Waals surface area contributed by atoms with E-state index in [1.807, 2.05) is 36.4 Å². The fourth-order valence-electron chi connectivity index (χ4n) is 2.96. The van der Waals surface area contributed by atoms with Crippen LogP contribution in [0.5, 0.6) is 0 Å². The van der Waals surface area contributed by atoms with Gasteiger partial charge in [0.2, 0.25) is 0 Å². The Morgan fingerprint density at radius 2 is 1.63 bits per heavy atom. The van der Waals surface area contributed by atoms with Crippen molar-refractivity contribution in [3.05, 3.63) is 101 Å². The zero-order valence-electron chi connectivity index (χ0n) is 15.9. The number of fused-ring (bicyclic) bond motifs is 1. The zero-order valence-corrected chi connectivity index (χ0v) is 17.4. The van der Waals surface area contributed by atoms with Gasteiger partial charge < -0.3 is 5.32 Å². The number of nitrogens with zero attached hydrogens (tertiary/aromatic N) is 2. The summed E-state index contributed by atoms with van der Waals surface area (Å²) in [7, 11) is -3.40. The molecule has 7 heteroatoms. The first-order valence-corrected chi connectivity index (χ1v) is 11.3. The summed E-state index contributed by atoms with van der Waals surface area (Å²) < 4.78 is 24.8. The van der Waals surface area contributed by atoms with E-state index < -0.39 is 9.84 Å². The maximum absolute atomic E-state index is 12.4. The number of anilines is 2. The van der Waals surface area contributed by atoms with Crippen LogP contribution in [0.4, 0.5) is 11.5 Å². The number of halogens is 1. The molecule has 150 valence electrons. The van der Waals surface area contributed by atoms with Crippen LogP contribution in [0.2, 0.25) is 5.02 Å². The van der Waals surface area contributed by atoms with Crippen LogP contribution in [0.15, 0.2) is 84.5 Å². The van der Waals surface area contributed by atoms with Crippen LogP contribution in [0, 0.1) is 0 Å². The van der Waals surface area contributed by atoms with Gasteiger partial charge in [-0.25, -0.2) is 18.4 Å². The van der Waals surface area contributed by atoms with Crippen LogP contribution in [0.1, 0.15) is 11.1 Å². The molecule has 0 fully saturated rings. The summed E-state index contributed by atoms with van der Waals surface area (Å²) >= 11 is 5.85. The molecule has 0 aliphatic heterocycles. The summed E-state index contributed by atoms with van der Waals surface area (Å²) in [5.41, 5.74) is 3.15. The maximum Gasteiger partial charge on any atom is 0.175 e. The third-order valence-electron chi connectivity index (χ3n) is 4.47. The zero-order chi connectivity index (χ0) is 21.0. The second-order valence-electron chi connectivity index (χ2n) is 6.72. The summed E-state index contributed by atoms with van der Waals surface area (Å²) in [5.74, 6) is 0.625. The smallest absolute Gasteiger partial charge is 0.175 e. The Bertz CT molecular complexity index is 1300. The van der Waals surface area contributed by atoms with Crippen molar-refractivity contribution in [3.63, 3.8) is 0 Å². The van der Waals surface area contributed by atoms with Gasteiger partial charge in [0.25, 0.3) is 0 Å². The van der Waals surface area contributed by atoms with Gasteiger partial charge in [0.15, 0.2) is 9.84 Å². The minimum absolute atomic E-state index is 0.0756. The van der Waals surface area contributed by atoms with Gasteiger partial charge in [0.05, 0.1) is 11.3 Å². The molecule has 0 radical (unpaired) electrons. The quantitative estimate of drug-likeness (QED) is 0.426. The highest BCUT2D eigenvalue weighted by Gasteiger charge is 2.09. The van der Waals surface area contributed by atoms with Crippen molar-refractivity contribution in [2.75, 3.05) is 5.32 Å². The average Bonchev–Trinajstić information content (AvgIpc) is 2.75. The fraction of sp³-hybridized carbons (Fsp3) is 0.0435. The van der Waals surface area contributed by atoms with Crippen molar-refractivity contribution in [3.8, 4) is 0 Å². The van der Waals surface area contributed by atoms with E-state index in [9.17, 15) is 8.42 Å². The lowest BCUT2D eigenvalue weighted by atomic mass is 10.2. The van der Waals surface area contributed by atoms with Gasteiger partial charge in [-0.05, 0) is 53.6 Å². The van der Waals surface area contributed by atoms with Crippen molar-refractivity contribution >= 4 is 49.9 Å². The van der Waals surface area contributed by atoms with Gasteiger partial charge in [0, 0.05) is 21.5 Å². The van der Waals surface area contributed by atoms with Gasteiger partial charge in [-0.15, -0.1) is 0 Å². The largest absolute Gasteiger partial charge is 0.340 e. The molecule has 5 nitrogen and oxygen atoms in total. The Morgan fingerprint density at radius 1 is 0.900 bits per heavy atom. The van der Waals surface area contributed by atoms with Crippen molar-refractivity contribution < 1.29 is 8.42 Å². The summed E-state index contributed by atoms with van der Waals surface area (Å²) in [5, 5.41) is 6.02. The van der Waals surface area contributed by atoms with Gasteiger partial charge >= 0.3 is 0 Å². The van der Waals surface area contributed by atoms with Gasteiger partial charge in [-0.1, -0.05) is 48.0 Å². The van der Waals surface area contributed by atoms with E-state index in [1.54, 1.807) is 42.5 Å². The predicted octanol–water partition coefficient (Wildman–Crippen LogP) is 5.61. The van der Waals surface area contributed by atoms with Crippen LogP contribution in [0.25, 0.3) is 17.0 Å². The van der Waals surface area contributed by atoms with Crippen molar-refractivity contribution in [2.24, 2.45) is 0 Å². The van der Waals surface area contributed by atoms with Gasteiger partial charge in [0.1, 0.15) is 12.1 Å². The number of hydrogen-bond donors (Lipinski definition) is 1. The third kappa shape index (κ3) is 5.03. The van der Waals surface area contributed by atoms with E-state index >= 15 is 0 Å². The first kappa shape index (κ1) is 20.1. The van der Waals surface area contributed by atoms with Crippen LogP contribution < -0.4 is 5.32 Å². The van der Waals surface area contributed by atoms with Crippen molar-refractivity contribution in [1.82, 2.24) is 9.97 Å². The van der Waals surface area contributed by atoms with E-state index in [2.05, 4.69) is 15.3 Å². The van der Waals surface area contributed by atoms with E-state index in [4.69, 9.17) is 11.6 Å². The molecule has 0 saturated carbocycles. The number of aromatic nitrogens is 2. The minimum Gasteiger partial charge on any atom is -0.340 e. The molecule has 0 bridgehead atoms. The SMILES string of the molecule is O=S(=O)(/C=C/c1ccc(Cl)cc1)Cc1ccc(Nc2ncnc3ccccc23)cc1. The maximum atomic E-state index is 12.4. The molecule has 3 aromatic carbocycles. The van der Waals surface area contributed by atoms with Crippen molar-refractivity contribution in [2.45, 2.75) is 5.75 Å². The lowest BCUT2D eigenvalue weighted by Gasteiger charge is -2.09. The summed E-state index contributed by atoms with van der Waals surface area (Å²) in [6, 6.07) is 22.0. The highest BCUT2D eigenvalue weighted by atomic mass is 35.5. The Morgan fingerprint density at radius 3 is 2.40 bits per heavy atom. The molecule has 1 heterocycles. The molecule has 0 aliphatic rings. The highest BCUT2D eigenvalue weighted by Crippen LogP contribution is 2.23. The predicted molar refractivity (Wildman–Crippen MR) is 122 cm³/mol. The van der Waals surface area contributed by atoms with Crippen LogP contribution in [-0.4, -0.2) is 18.4 Å². The lowest BCUT2D eigenvalue weighted by molar-refractivity contribution is 0.604. The first-order valence-electron chi connectivity index (χ1n) is 9.21. The van der Waals surface area contributed by atoms with Crippen molar-refractivity contribution in [1.29, 1.82) is 0 Å². The molecule has 0 unspecified atom stereocenters. The highest BCUT2D eigenvalue weighted by molar-refractivity contribution is 7.93. The summed E-state index contributed by atoms with van der Waals surface area (Å²) in [4.78, 5) is 8.56. The standard InChI is InChI=1S/C23H18ClN3O2S/c24-19-9-5-17(6-10-19)13-14-30(28,29)15-18-7-11-20(12-8-18)27-23-21-3-1-2-4-22(21)25-16-26-23/h1-14,16H,15H2,(H,25,26,27)/b14-13+. The Hall–Kier alpha value is -3.22. The van der Waals surface area contributed by atoms with Gasteiger partial charge in [-0.3, -0.25) is 0 Å². The van der Waals surface area contributed by atoms with E-state index in [1.165, 1.54) is 11.7 Å². The Kier molecular flexibility index (Phi) is 5.79. The number of sulfone groups is 1. The number of nitrogens with one attached hydrogen (secondary N) is 1. The second kappa shape index (κ2) is 8.65. The molecule has 0 spiro atoms. The molecule has 1 N–H and O–H groups in total. The van der Waals surface area contributed by atoms with E-state index in [-0.39, 0.29) is 5.75 Å². The van der Waals surface area contributed by atoms with Crippen LogP contribution in [-0.2, 0) is 15.6 Å². The molecule has 4 aromatic rings. The monoisotopic (exact) mass is 435 g/mol. The van der Waals surface area contributed by atoms with Crippen LogP contribution in [0.3, 0.4) is 0 Å². The molecule has 1 aromatic heterocycles. The topological polar surface area (TPSA) is 72.0 Å². The number of hydrogen-bond acceptors (Lipinski definition) is 5. The van der Waals surface area contributed by atoms with E-state index in [0.717, 1.165) is 22.2 Å². The number of benzene rings is 3. The molecule has 0 saturated heterocycles. The molecule has 4 rings (SSSR count). The molecule has 30 heavy (non-hydrogen) atoms. The Balaban J connectivity index is 1.46. The fourth-order valence-corrected chi connectivity index (χ4v) is 4.21. The average molecular weight is 436 g/mol. The first-order chi connectivity index (χ1) is 14.5. The van der Waals surface area contributed by atoms with Gasteiger partial charge in [-0.2, -0.15) is 0 Å². The van der Waals surface area contributed by atoms with Crippen LogP contribution >= 0.6 is 11.6 Å². The molecular formula is C23H18ClN3O2S. The molecular weight excluding hydrogens is 418 g/mol. The third-order valence-corrected chi connectivity index (χ3v) is 6.00. The number of para-hydroxylation sites is 1. The number of rotatable bonds is 6. The summed E-state index contributed by atoms with van der Waals surface area (Å²) in [6.45, 7) is 0. The molecule has 0 atom stereocenters. The lowest BCUT2D eigenvalue weighted by Crippen LogP contribution is -2.00. The normalized spacial score (nSPS) is 11.8.